The smallest absolute Gasteiger partial charge is 0.311 e. The van der Waals surface area contributed by atoms with Crippen molar-refractivity contribution in [2.75, 3.05) is 0 Å². The second-order valence-electron chi connectivity index (χ2n) is 4.17. The van der Waals surface area contributed by atoms with Crippen LogP contribution in [0.2, 0.25) is 0 Å². The summed E-state index contributed by atoms with van der Waals surface area (Å²) in [5, 5.41) is 13.2. The number of carbonyl (C=O) groups is 1. The lowest BCUT2D eigenvalue weighted by Gasteiger charge is -2.11. The van der Waals surface area contributed by atoms with E-state index >= 15 is 0 Å². The average molecular weight is 248 g/mol. The quantitative estimate of drug-likeness (QED) is 0.900. The molecule has 18 heavy (non-hydrogen) atoms. The molecule has 0 saturated heterocycles. The SMILES string of the molecule is Cn1cc(CC(C(=O)O)c2cccc(F)c2)cn1. The van der Waals surface area contributed by atoms with E-state index < -0.39 is 17.7 Å². The highest BCUT2D eigenvalue weighted by atomic mass is 19.1. The zero-order valence-electron chi connectivity index (χ0n) is 9.88. The van der Waals surface area contributed by atoms with Crippen molar-refractivity contribution in [3.8, 4) is 0 Å². The van der Waals surface area contributed by atoms with Gasteiger partial charge in [0.1, 0.15) is 5.82 Å². The number of carboxylic acid groups (broad SMARTS) is 1. The number of aliphatic carboxylic acids is 1. The molecule has 0 saturated carbocycles. The molecule has 1 aromatic heterocycles. The lowest BCUT2D eigenvalue weighted by atomic mass is 9.93. The van der Waals surface area contributed by atoms with E-state index in [0.717, 1.165) is 5.56 Å². The van der Waals surface area contributed by atoms with E-state index in [9.17, 15) is 14.3 Å². The van der Waals surface area contributed by atoms with Gasteiger partial charge in [0.2, 0.25) is 0 Å². The second kappa shape index (κ2) is 5.00. The monoisotopic (exact) mass is 248 g/mol. The summed E-state index contributed by atoms with van der Waals surface area (Å²) in [6, 6.07) is 5.70. The number of halogens is 1. The van der Waals surface area contributed by atoms with E-state index in [1.54, 1.807) is 30.2 Å². The number of benzene rings is 1. The highest BCUT2D eigenvalue weighted by Crippen LogP contribution is 2.21. The zero-order chi connectivity index (χ0) is 13.1. The first kappa shape index (κ1) is 12.3. The number of hydrogen-bond acceptors (Lipinski definition) is 2. The summed E-state index contributed by atoms with van der Waals surface area (Å²) in [5.41, 5.74) is 1.28. The van der Waals surface area contributed by atoms with Crippen LogP contribution in [0.25, 0.3) is 0 Å². The van der Waals surface area contributed by atoms with Crippen LogP contribution >= 0.6 is 0 Å². The maximum atomic E-state index is 13.1. The maximum absolute atomic E-state index is 13.1. The Balaban J connectivity index is 2.26. The van der Waals surface area contributed by atoms with Crippen LogP contribution in [-0.2, 0) is 18.3 Å². The van der Waals surface area contributed by atoms with Crippen molar-refractivity contribution in [1.29, 1.82) is 0 Å². The molecule has 0 fully saturated rings. The van der Waals surface area contributed by atoms with E-state index in [1.165, 1.54) is 18.2 Å². The van der Waals surface area contributed by atoms with Gasteiger partial charge in [-0.2, -0.15) is 5.10 Å². The van der Waals surface area contributed by atoms with Crippen LogP contribution in [0, 0.1) is 5.82 Å². The van der Waals surface area contributed by atoms with Crippen molar-refractivity contribution in [3.05, 3.63) is 53.6 Å². The number of hydrogen-bond donors (Lipinski definition) is 1. The fourth-order valence-corrected chi connectivity index (χ4v) is 1.88. The Labute approximate surface area is 104 Å². The van der Waals surface area contributed by atoms with Gasteiger partial charge >= 0.3 is 5.97 Å². The van der Waals surface area contributed by atoms with Crippen LogP contribution in [0.5, 0.6) is 0 Å². The van der Waals surface area contributed by atoms with Gasteiger partial charge in [0, 0.05) is 13.2 Å². The molecule has 5 heteroatoms. The van der Waals surface area contributed by atoms with Gasteiger partial charge in [-0.15, -0.1) is 0 Å². The largest absolute Gasteiger partial charge is 0.481 e. The van der Waals surface area contributed by atoms with Gasteiger partial charge in [-0.05, 0) is 29.7 Å². The highest BCUT2D eigenvalue weighted by molar-refractivity contribution is 5.76. The topological polar surface area (TPSA) is 55.1 Å². The van der Waals surface area contributed by atoms with Crippen LogP contribution in [0.3, 0.4) is 0 Å². The molecule has 0 spiro atoms. The standard InChI is InChI=1S/C13H13FN2O2/c1-16-8-9(7-15-16)5-12(13(17)18)10-3-2-4-11(14)6-10/h2-4,6-8,12H,5H2,1H3,(H,17,18). The molecule has 1 N–H and O–H groups in total. The molecule has 1 aromatic carbocycles. The van der Waals surface area contributed by atoms with Crippen LogP contribution in [-0.4, -0.2) is 20.9 Å². The molecule has 0 amide bonds. The van der Waals surface area contributed by atoms with E-state index in [0.29, 0.717) is 12.0 Å². The van der Waals surface area contributed by atoms with Gasteiger partial charge in [-0.3, -0.25) is 9.48 Å². The normalized spacial score (nSPS) is 12.3. The summed E-state index contributed by atoms with van der Waals surface area (Å²) >= 11 is 0. The van der Waals surface area contributed by atoms with Crippen molar-refractivity contribution in [2.24, 2.45) is 7.05 Å². The zero-order valence-corrected chi connectivity index (χ0v) is 9.88. The summed E-state index contributed by atoms with van der Waals surface area (Å²) < 4.78 is 14.7. The third kappa shape index (κ3) is 2.74. The van der Waals surface area contributed by atoms with E-state index in [-0.39, 0.29) is 0 Å². The Hall–Kier alpha value is -2.17. The minimum atomic E-state index is -0.968. The van der Waals surface area contributed by atoms with Gasteiger partial charge in [-0.25, -0.2) is 4.39 Å². The molecule has 1 heterocycles. The molecule has 2 aromatic rings. The van der Waals surface area contributed by atoms with E-state index in [1.807, 2.05) is 0 Å². The number of aromatic nitrogens is 2. The molecule has 0 bridgehead atoms. The lowest BCUT2D eigenvalue weighted by Crippen LogP contribution is -2.14. The van der Waals surface area contributed by atoms with Crippen LogP contribution in [0.4, 0.5) is 4.39 Å². The van der Waals surface area contributed by atoms with Crippen LogP contribution < -0.4 is 0 Å². The molecule has 94 valence electrons. The maximum Gasteiger partial charge on any atom is 0.311 e. The van der Waals surface area contributed by atoms with Crippen LogP contribution in [0.15, 0.2) is 36.7 Å². The first-order valence-electron chi connectivity index (χ1n) is 5.52. The number of carboxylic acids is 1. The predicted octanol–water partition coefficient (Wildman–Crippen LogP) is 1.97. The van der Waals surface area contributed by atoms with E-state index in [2.05, 4.69) is 5.10 Å². The number of nitrogens with zero attached hydrogens (tertiary/aromatic N) is 2. The number of aryl methyl sites for hydroxylation is 1. The molecule has 1 unspecified atom stereocenters. The Morgan fingerprint density at radius 2 is 2.33 bits per heavy atom. The van der Waals surface area contributed by atoms with Gasteiger partial charge < -0.3 is 5.11 Å². The third-order valence-corrected chi connectivity index (χ3v) is 2.75. The van der Waals surface area contributed by atoms with E-state index in [4.69, 9.17) is 0 Å². The molecule has 4 nitrogen and oxygen atoms in total. The van der Waals surface area contributed by atoms with Gasteiger partial charge in [0.25, 0.3) is 0 Å². The molecule has 0 aliphatic heterocycles. The fraction of sp³-hybridized carbons (Fsp3) is 0.231. The average Bonchev–Trinajstić information content (AvgIpc) is 2.71. The van der Waals surface area contributed by atoms with Crippen molar-refractivity contribution >= 4 is 5.97 Å². The van der Waals surface area contributed by atoms with Gasteiger partial charge in [0.05, 0.1) is 12.1 Å². The Morgan fingerprint density at radius 1 is 1.56 bits per heavy atom. The van der Waals surface area contributed by atoms with Crippen LogP contribution in [0.1, 0.15) is 17.0 Å². The van der Waals surface area contributed by atoms with Gasteiger partial charge in [-0.1, -0.05) is 12.1 Å². The molecule has 0 aliphatic rings. The Kier molecular flexibility index (Phi) is 3.41. The highest BCUT2D eigenvalue weighted by Gasteiger charge is 2.21. The third-order valence-electron chi connectivity index (χ3n) is 2.75. The minimum Gasteiger partial charge on any atom is -0.481 e. The number of rotatable bonds is 4. The first-order chi connectivity index (χ1) is 8.56. The van der Waals surface area contributed by atoms with Crippen molar-refractivity contribution < 1.29 is 14.3 Å². The molecule has 0 radical (unpaired) electrons. The first-order valence-corrected chi connectivity index (χ1v) is 5.52. The van der Waals surface area contributed by atoms with Crippen molar-refractivity contribution in [3.63, 3.8) is 0 Å². The van der Waals surface area contributed by atoms with Crippen molar-refractivity contribution in [2.45, 2.75) is 12.3 Å². The summed E-state index contributed by atoms with van der Waals surface area (Å²) in [7, 11) is 1.77. The predicted molar refractivity (Wildman–Crippen MR) is 63.7 cm³/mol. The second-order valence-corrected chi connectivity index (χ2v) is 4.17. The van der Waals surface area contributed by atoms with Gasteiger partial charge in [0.15, 0.2) is 0 Å². The summed E-state index contributed by atoms with van der Waals surface area (Å²) in [6.45, 7) is 0. The fourth-order valence-electron chi connectivity index (χ4n) is 1.88. The Bertz CT molecular complexity index is 566. The minimum absolute atomic E-state index is 0.298. The Morgan fingerprint density at radius 3 is 2.89 bits per heavy atom. The molecule has 1 atom stereocenters. The summed E-state index contributed by atoms with van der Waals surface area (Å²) in [5.74, 6) is -2.15. The molecule has 0 aliphatic carbocycles. The summed E-state index contributed by atoms with van der Waals surface area (Å²) in [4.78, 5) is 11.3. The molecular weight excluding hydrogens is 235 g/mol. The lowest BCUT2D eigenvalue weighted by molar-refractivity contribution is -0.138. The summed E-state index contributed by atoms with van der Waals surface area (Å²) in [6.07, 6.45) is 3.68. The molecular formula is C13H13FN2O2. The van der Waals surface area contributed by atoms with Crippen molar-refractivity contribution in [1.82, 2.24) is 9.78 Å². The molecule has 2 rings (SSSR count).